The average molecular weight is 292 g/mol. The molecule has 0 saturated carbocycles. The van der Waals surface area contributed by atoms with Gasteiger partial charge in [-0.2, -0.15) is 0 Å². The molecule has 0 aromatic heterocycles. The van der Waals surface area contributed by atoms with Crippen LogP contribution in [0.15, 0.2) is 48.5 Å². The minimum absolute atomic E-state index is 0.596. The molecule has 0 saturated heterocycles. The van der Waals surface area contributed by atoms with Crippen molar-refractivity contribution in [1.82, 2.24) is 0 Å². The van der Waals surface area contributed by atoms with Gasteiger partial charge in [-0.05, 0) is 42.0 Å². The highest BCUT2D eigenvalue weighted by molar-refractivity contribution is 6.30. The number of ether oxygens (including phenoxy) is 2. The third-order valence-corrected chi connectivity index (χ3v) is 3.02. The SMILES string of the molecule is Nc1ccc(OCCCOCc2ccc(Cl)cc2)cc1. The van der Waals surface area contributed by atoms with E-state index in [1.807, 2.05) is 48.5 Å². The lowest BCUT2D eigenvalue weighted by Crippen LogP contribution is -2.03. The highest BCUT2D eigenvalue weighted by Crippen LogP contribution is 2.13. The second kappa shape index (κ2) is 7.78. The Bertz CT molecular complexity index is 462. The Morgan fingerprint density at radius 1 is 0.900 bits per heavy atom. The molecule has 2 aromatic carbocycles. The fraction of sp³-hybridized carbons (Fsp3) is 0.250. The molecule has 2 aromatic rings. The summed E-state index contributed by atoms with van der Waals surface area (Å²) in [7, 11) is 0. The van der Waals surface area contributed by atoms with E-state index in [-0.39, 0.29) is 0 Å². The number of nitrogens with two attached hydrogens (primary N) is 1. The third-order valence-electron chi connectivity index (χ3n) is 2.76. The Morgan fingerprint density at radius 2 is 1.60 bits per heavy atom. The maximum Gasteiger partial charge on any atom is 0.119 e. The Morgan fingerprint density at radius 3 is 2.30 bits per heavy atom. The van der Waals surface area contributed by atoms with Crippen LogP contribution in [0.3, 0.4) is 0 Å². The Balaban J connectivity index is 1.57. The van der Waals surface area contributed by atoms with Gasteiger partial charge in [0.05, 0.1) is 19.8 Å². The average Bonchev–Trinajstić information content (AvgIpc) is 2.46. The van der Waals surface area contributed by atoms with E-state index >= 15 is 0 Å². The lowest BCUT2D eigenvalue weighted by molar-refractivity contribution is 0.107. The van der Waals surface area contributed by atoms with Crippen molar-refractivity contribution in [3.8, 4) is 5.75 Å². The van der Waals surface area contributed by atoms with Gasteiger partial charge in [0.15, 0.2) is 0 Å². The molecule has 0 amide bonds. The molecule has 0 aliphatic rings. The summed E-state index contributed by atoms with van der Waals surface area (Å²) in [6, 6.07) is 15.0. The predicted octanol–water partition coefficient (Wildman–Crippen LogP) is 3.91. The molecule has 0 unspecified atom stereocenters. The second-order valence-electron chi connectivity index (χ2n) is 4.45. The molecule has 0 aliphatic carbocycles. The summed E-state index contributed by atoms with van der Waals surface area (Å²) in [6.45, 7) is 1.89. The van der Waals surface area contributed by atoms with Crippen molar-refractivity contribution in [2.45, 2.75) is 13.0 Å². The first-order valence-electron chi connectivity index (χ1n) is 6.54. The van der Waals surface area contributed by atoms with E-state index < -0.39 is 0 Å². The third kappa shape index (κ3) is 5.11. The minimum Gasteiger partial charge on any atom is -0.494 e. The zero-order valence-corrected chi connectivity index (χ0v) is 12.0. The lowest BCUT2D eigenvalue weighted by atomic mass is 10.2. The summed E-state index contributed by atoms with van der Waals surface area (Å²) in [4.78, 5) is 0. The summed E-state index contributed by atoms with van der Waals surface area (Å²) in [6.07, 6.45) is 0.845. The molecular formula is C16H18ClNO2. The Labute approximate surface area is 124 Å². The normalized spacial score (nSPS) is 10.4. The highest BCUT2D eigenvalue weighted by atomic mass is 35.5. The monoisotopic (exact) mass is 291 g/mol. The molecule has 2 rings (SSSR count). The van der Waals surface area contributed by atoms with E-state index in [0.717, 1.165) is 28.4 Å². The van der Waals surface area contributed by atoms with Crippen molar-refractivity contribution < 1.29 is 9.47 Å². The van der Waals surface area contributed by atoms with Crippen LogP contribution in [0.4, 0.5) is 5.69 Å². The Hall–Kier alpha value is -1.71. The van der Waals surface area contributed by atoms with Crippen molar-refractivity contribution in [2.75, 3.05) is 18.9 Å². The number of rotatable bonds is 7. The highest BCUT2D eigenvalue weighted by Gasteiger charge is 1.96. The zero-order valence-electron chi connectivity index (χ0n) is 11.2. The summed E-state index contributed by atoms with van der Waals surface area (Å²) in [5.74, 6) is 0.830. The summed E-state index contributed by atoms with van der Waals surface area (Å²) >= 11 is 5.82. The number of anilines is 1. The van der Waals surface area contributed by atoms with E-state index in [4.69, 9.17) is 26.8 Å². The molecule has 0 aliphatic heterocycles. The first kappa shape index (κ1) is 14.7. The van der Waals surface area contributed by atoms with Gasteiger partial charge in [0.25, 0.3) is 0 Å². The van der Waals surface area contributed by atoms with Crippen LogP contribution in [0.25, 0.3) is 0 Å². The predicted molar refractivity (Wildman–Crippen MR) is 82.1 cm³/mol. The first-order valence-corrected chi connectivity index (χ1v) is 6.92. The molecule has 0 bridgehead atoms. The quantitative estimate of drug-likeness (QED) is 0.621. The van der Waals surface area contributed by atoms with Crippen LogP contribution in [-0.2, 0) is 11.3 Å². The number of benzene rings is 2. The lowest BCUT2D eigenvalue weighted by Gasteiger charge is -2.07. The van der Waals surface area contributed by atoms with E-state index in [9.17, 15) is 0 Å². The van der Waals surface area contributed by atoms with Crippen LogP contribution in [0, 0.1) is 0 Å². The van der Waals surface area contributed by atoms with E-state index in [2.05, 4.69) is 0 Å². The van der Waals surface area contributed by atoms with Crippen LogP contribution in [0.1, 0.15) is 12.0 Å². The van der Waals surface area contributed by atoms with Crippen LogP contribution >= 0.6 is 11.6 Å². The second-order valence-corrected chi connectivity index (χ2v) is 4.89. The van der Waals surface area contributed by atoms with Gasteiger partial charge >= 0.3 is 0 Å². The van der Waals surface area contributed by atoms with Crippen LogP contribution in [0.5, 0.6) is 5.75 Å². The van der Waals surface area contributed by atoms with Crippen molar-refractivity contribution in [3.63, 3.8) is 0 Å². The van der Waals surface area contributed by atoms with Gasteiger partial charge in [0.2, 0.25) is 0 Å². The zero-order chi connectivity index (χ0) is 14.2. The number of hydrogen-bond acceptors (Lipinski definition) is 3. The van der Waals surface area contributed by atoms with Gasteiger partial charge in [-0.1, -0.05) is 23.7 Å². The van der Waals surface area contributed by atoms with Crippen LogP contribution < -0.4 is 10.5 Å². The molecule has 0 atom stereocenters. The summed E-state index contributed by atoms with van der Waals surface area (Å²) < 4.78 is 11.1. The summed E-state index contributed by atoms with van der Waals surface area (Å²) in [5.41, 5.74) is 7.46. The number of nitrogen functional groups attached to an aromatic ring is 1. The fourth-order valence-electron chi connectivity index (χ4n) is 1.69. The molecule has 3 nitrogen and oxygen atoms in total. The Kier molecular flexibility index (Phi) is 5.71. The fourth-order valence-corrected chi connectivity index (χ4v) is 1.81. The van der Waals surface area contributed by atoms with Crippen molar-refractivity contribution in [3.05, 3.63) is 59.1 Å². The maximum atomic E-state index is 5.82. The van der Waals surface area contributed by atoms with Crippen LogP contribution in [-0.4, -0.2) is 13.2 Å². The largest absolute Gasteiger partial charge is 0.494 e. The van der Waals surface area contributed by atoms with Gasteiger partial charge in [0, 0.05) is 17.1 Å². The smallest absolute Gasteiger partial charge is 0.119 e. The van der Waals surface area contributed by atoms with Gasteiger partial charge < -0.3 is 15.2 Å². The van der Waals surface area contributed by atoms with Gasteiger partial charge in [-0.3, -0.25) is 0 Å². The molecule has 0 spiro atoms. The van der Waals surface area contributed by atoms with E-state index in [1.54, 1.807) is 0 Å². The van der Waals surface area contributed by atoms with Gasteiger partial charge in [-0.25, -0.2) is 0 Å². The van der Waals surface area contributed by atoms with Crippen molar-refractivity contribution in [1.29, 1.82) is 0 Å². The van der Waals surface area contributed by atoms with Crippen LogP contribution in [0.2, 0.25) is 5.02 Å². The van der Waals surface area contributed by atoms with E-state index in [0.29, 0.717) is 19.8 Å². The number of halogens is 1. The topological polar surface area (TPSA) is 44.5 Å². The van der Waals surface area contributed by atoms with Crippen molar-refractivity contribution in [2.24, 2.45) is 0 Å². The maximum absolute atomic E-state index is 5.82. The van der Waals surface area contributed by atoms with E-state index in [1.165, 1.54) is 0 Å². The van der Waals surface area contributed by atoms with Gasteiger partial charge in [-0.15, -0.1) is 0 Å². The first-order chi connectivity index (χ1) is 9.74. The van der Waals surface area contributed by atoms with Gasteiger partial charge in [0.1, 0.15) is 5.75 Å². The minimum atomic E-state index is 0.596. The molecule has 0 heterocycles. The molecule has 4 heteroatoms. The molecule has 0 fully saturated rings. The van der Waals surface area contributed by atoms with Crippen molar-refractivity contribution >= 4 is 17.3 Å². The molecule has 2 N–H and O–H groups in total. The molecule has 106 valence electrons. The summed E-state index contributed by atoms with van der Waals surface area (Å²) in [5, 5.41) is 0.741. The number of hydrogen-bond donors (Lipinski definition) is 1. The molecule has 20 heavy (non-hydrogen) atoms. The molecular weight excluding hydrogens is 274 g/mol. The molecule has 0 radical (unpaired) electrons. The standard InChI is InChI=1S/C16H18ClNO2/c17-14-4-2-13(3-5-14)12-19-10-1-11-20-16-8-6-15(18)7-9-16/h2-9H,1,10-12,18H2.